The molecule has 0 saturated heterocycles. The Morgan fingerprint density at radius 3 is 2.29 bits per heavy atom. The maximum atomic E-state index is 5.90. The summed E-state index contributed by atoms with van der Waals surface area (Å²) >= 11 is 0. The average Bonchev–Trinajstić information content (AvgIpc) is 2.66. The lowest BCUT2D eigenvalue weighted by Crippen LogP contribution is -2.30. The van der Waals surface area contributed by atoms with Crippen molar-refractivity contribution in [3.8, 4) is 5.75 Å². The van der Waals surface area contributed by atoms with E-state index in [1.807, 2.05) is 32.9 Å². The minimum Gasteiger partial charge on any atom is -0.494 e. The van der Waals surface area contributed by atoms with Crippen LogP contribution in [0.4, 0.5) is 0 Å². The maximum Gasteiger partial charge on any atom is 0.119 e. The molecule has 1 unspecified atom stereocenters. The molecule has 1 atom stereocenters. The monoisotopic (exact) mass is 395 g/mol. The van der Waals surface area contributed by atoms with Gasteiger partial charge in [0.2, 0.25) is 0 Å². The highest BCUT2D eigenvalue weighted by molar-refractivity contribution is 5.30. The summed E-state index contributed by atoms with van der Waals surface area (Å²) in [5.41, 5.74) is 4.04. The smallest absolute Gasteiger partial charge is 0.119 e. The molecule has 0 aromatic heterocycles. The number of rotatable bonds is 16. The van der Waals surface area contributed by atoms with Gasteiger partial charge in [0.05, 0.1) is 18.2 Å². The lowest BCUT2D eigenvalue weighted by Gasteiger charge is -2.23. The van der Waals surface area contributed by atoms with Crippen molar-refractivity contribution >= 4 is 0 Å². The first-order valence-corrected chi connectivity index (χ1v) is 10.7. The Morgan fingerprint density at radius 2 is 1.57 bits per heavy atom. The Kier molecular flexibility index (Phi) is 13.2. The van der Waals surface area contributed by atoms with Crippen molar-refractivity contribution in [1.82, 2.24) is 5.48 Å². The van der Waals surface area contributed by atoms with E-state index in [-0.39, 0.29) is 11.6 Å². The van der Waals surface area contributed by atoms with E-state index in [9.17, 15) is 0 Å². The Bertz CT molecular complexity index is 502. The lowest BCUT2D eigenvalue weighted by atomic mass is 10.1. The molecule has 0 saturated carbocycles. The molecule has 5 nitrogen and oxygen atoms in total. The van der Waals surface area contributed by atoms with Crippen molar-refractivity contribution in [2.45, 2.75) is 78.4 Å². The van der Waals surface area contributed by atoms with Gasteiger partial charge in [0.25, 0.3) is 0 Å². The second kappa shape index (κ2) is 14.8. The third-order valence-corrected chi connectivity index (χ3v) is 4.03. The first-order chi connectivity index (χ1) is 13.4. The predicted octanol–water partition coefficient (Wildman–Crippen LogP) is 5.45. The third kappa shape index (κ3) is 13.1. The standard InChI is InChI=1S/C23H41NO4/c1-6-14-25-16-11-17-26-15-8-7-9-18-27-22-13-10-12-21(19-22)20(2)24-28-23(3,4)5/h10,12-13,19-20,24H,6-9,11,14-18H2,1-5H3. The van der Waals surface area contributed by atoms with Gasteiger partial charge in [-0.2, -0.15) is 5.48 Å². The van der Waals surface area contributed by atoms with Gasteiger partial charge in [0.1, 0.15) is 5.75 Å². The molecule has 0 amide bonds. The lowest BCUT2D eigenvalue weighted by molar-refractivity contribution is -0.0866. The van der Waals surface area contributed by atoms with Crippen molar-refractivity contribution in [3.05, 3.63) is 29.8 Å². The summed E-state index contributed by atoms with van der Waals surface area (Å²) in [6.45, 7) is 14.3. The van der Waals surface area contributed by atoms with Gasteiger partial charge < -0.3 is 14.2 Å². The fourth-order valence-electron chi connectivity index (χ4n) is 2.49. The van der Waals surface area contributed by atoms with E-state index < -0.39 is 0 Å². The van der Waals surface area contributed by atoms with E-state index in [1.165, 1.54) is 0 Å². The van der Waals surface area contributed by atoms with Crippen LogP contribution in [0.2, 0.25) is 0 Å². The zero-order chi connectivity index (χ0) is 20.7. The molecule has 0 aliphatic heterocycles. The molecule has 1 rings (SSSR count). The largest absolute Gasteiger partial charge is 0.494 e. The van der Waals surface area contributed by atoms with E-state index >= 15 is 0 Å². The number of ether oxygens (including phenoxy) is 3. The molecule has 162 valence electrons. The van der Waals surface area contributed by atoms with E-state index in [4.69, 9.17) is 19.0 Å². The fourth-order valence-corrected chi connectivity index (χ4v) is 2.49. The van der Waals surface area contributed by atoms with Crippen LogP contribution in [0.3, 0.4) is 0 Å². The summed E-state index contributed by atoms with van der Waals surface area (Å²) < 4.78 is 17.0. The van der Waals surface area contributed by atoms with Gasteiger partial charge in [-0.3, -0.25) is 4.84 Å². The number of hydroxylamine groups is 1. The number of nitrogens with one attached hydrogen (secondary N) is 1. The molecule has 1 aromatic carbocycles. The SMILES string of the molecule is CCCOCCCOCCCCCOc1cccc(C(C)NOC(C)(C)C)c1. The number of hydrogen-bond acceptors (Lipinski definition) is 5. The summed E-state index contributed by atoms with van der Waals surface area (Å²) in [7, 11) is 0. The second-order valence-electron chi connectivity index (χ2n) is 8.11. The molecule has 0 bridgehead atoms. The Labute approximate surface area is 172 Å². The van der Waals surface area contributed by atoms with Crippen LogP contribution in [0.15, 0.2) is 24.3 Å². The summed E-state index contributed by atoms with van der Waals surface area (Å²) in [6, 6.07) is 8.30. The maximum absolute atomic E-state index is 5.90. The minimum atomic E-state index is -0.213. The molecule has 28 heavy (non-hydrogen) atoms. The number of benzene rings is 1. The molecule has 0 aliphatic carbocycles. The van der Waals surface area contributed by atoms with Crippen LogP contribution in [0.25, 0.3) is 0 Å². The zero-order valence-electron chi connectivity index (χ0n) is 18.6. The first-order valence-electron chi connectivity index (χ1n) is 10.7. The minimum absolute atomic E-state index is 0.104. The highest BCUT2D eigenvalue weighted by Crippen LogP contribution is 2.20. The van der Waals surface area contributed by atoms with Gasteiger partial charge in [-0.15, -0.1) is 0 Å². The third-order valence-electron chi connectivity index (χ3n) is 4.03. The molecule has 0 fully saturated rings. The van der Waals surface area contributed by atoms with Gasteiger partial charge in [0.15, 0.2) is 0 Å². The van der Waals surface area contributed by atoms with Crippen LogP contribution in [-0.2, 0) is 14.3 Å². The van der Waals surface area contributed by atoms with Gasteiger partial charge in [-0.05, 0) is 77.5 Å². The van der Waals surface area contributed by atoms with Crippen LogP contribution >= 0.6 is 0 Å². The Morgan fingerprint density at radius 1 is 0.893 bits per heavy atom. The average molecular weight is 396 g/mol. The predicted molar refractivity (Wildman–Crippen MR) is 115 cm³/mol. The van der Waals surface area contributed by atoms with Crippen molar-refractivity contribution in [1.29, 1.82) is 0 Å². The quantitative estimate of drug-likeness (QED) is 0.298. The van der Waals surface area contributed by atoms with E-state index in [1.54, 1.807) is 0 Å². The molecular weight excluding hydrogens is 354 g/mol. The van der Waals surface area contributed by atoms with Crippen molar-refractivity contribution in [2.75, 3.05) is 33.0 Å². The van der Waals surface area contributed by atoms with E-state index in [2.05, 4.69) is 31.5 Å². The Hall–Kier alpha value is -1.14. The van der Waals surface area contributed by atoms with Crippen molar-refractivity contribution in [2.24, 2.45) is 0 Å². The highest BCUT2D eigenvalue weighted by Gasteiger charge is 2.13. The summed E-state index contributed by atoms with van der Waals surface area (Å²) in [5.74, 6) is 0.908. The molecule has 0 aliphatic rings. The molecule has 0 spiro atoms. The van der Waals surface area contributed by atoms with E-state index in [0.29, 0.717) is 0 Å². The molecular formula is C23H41NO4. The van der Waals surface area contributed by atoms with Crippen LogP contribution in [0.5, 0.6) is 5.75 Å². The molecule has 1 N–H and O–H groups in total. The van der Waals surface area contributed by atoms with Crippen molar-refractivity contribution in [3.63, 3.8) is 0 Å². The van der Waals surface area contributed by atoms with Gasteiger partial charge in [0, 0.05) is 26.4 Å². The second-order valence-corrected chi connectivity index (χ2v) is 8.11. The summed E-state index contributed by atoms with van der Waals surface area (Å²) in [6.07, 6.45) is 5.28. The molecule has 5 heteroatoms. The summed E-state index contributed by atoms with van der Waals surface area (Å²) in [4.78, 5) is 5.65. The first kappa shape index (κ1) is 24.9. The van der Waals surface area contributed by atoms with E-state index in [0.717, 1.165) is 76.5 Å². The Balaban J connectivity index is 2.09. The zero-order valence-corrected chi connectivity index (χ0v) is 18.6. The van der Waals surface area contributed by atoms with Gasteiger partial charge in [-0.1, -0.05) is 19.1 Å². The normalized spacial score (nSPS) is 12.9. The van der Waals surface area contributed by atoms with Crippen molar-refractivity contribution < 1.29 is 19.0 Å². The highest BCUT2D eigenvalue weighted by atomic mass is 16.7. The fraction of sp³-hybridized carbons (Fsp3) is 0.739. The topological polar surface area (TPSA) is 49.0 Å². The number of unbranched alkanes of at least 4 members (excludes halogenated alkanes) is 2. The molecule has 0 radical (unpaired) electrons. The van der Waals surface area contributed by atoms with Gasteiger partial charge >= 0.3 is 0 Å². The van der Waals surface area contributed by atoms with Crippen LogP contribution in [0, 0.1) is 0 Å². The molecule has 1 aromatic rings. The summed E-state index contributed by atoms with van der Waals surface area (Å²) in [5, 5.41) is 0. The van der Waals surface area contributed by atoms with Crippen LogP contribution in [-0.4, -0.2) is 38.6 Å². The molecule has 0 heterocycles. The number of hydrogen-bond donors (Lipinski definition) is 1. The van der Waals surface area contributed by atoms with Gasteiger partial charge in [-0.25, -0.2) is 0 Å². The van der Waals surface area contributed by atoms with Crippen LogP contribution in [0.1, 0.15) is 78.3 Å². The van der Waals surface area contributed by atoms with Crippen LogP contribution < -0.4 is 10.2 Å².